The fourth-order valence-electron chi connectivity index (χ4n) is 4.92. The molecule has 11 nitrogen and oxygen atoms in total. The number of methoxy groups -OCH3 is 1. The highest BCUT2D eigenvalue weighted by Gasteiger charge is 2.28. The number of carbonyl (C=O) groups is 1. The average molecular weight is 596 g/mol. The minimum atomic E-state index is -1.23. The first-order valence-electron chi connectivity index (χ1n) is 14.9. The molecule has 0 atom stereocenters. The molecule has 3 aromatic heterocycles. The first-order chi connectivity index (χ1) is 20.2. The van der Waals surface area contributed by atoms with Crippen molar-refractivity contribution in [3.63, 3.8) is 0 Å². The molecule has 5 rings (SSSR count). The molecule has 1 aliphatic heterocycles. The maximum atomic E-state index is 12.7. The summed E-state index contributed by atoms with van der Waals surface area (Å²) in [6, 6.07) is 6.49. The summed E-state index contributed by atoms with van der Waals surface area (Å²) in [5, 5.41) is 6.78. The van der Waals surface area contributed by atoms with E-state index in [1.54, 1.807) is 13.3 Å². The Hall–Kier alpha value is -3.19. The number of hydrogen-bond donors (Lipinski definition) is 2. The summed E-state index contributed by atoms with van der Waals surface area (Å²) in [7, 11) is 2.53. The summed E-state index contributed by atoms with van der Waals surface area (Å²) in [5.41, 5.74) is 2.40. The van der Waals surface area contributed by atoms with E-state index in [2.05, 4.69) is 52.1 Å². The van der Waals surface area contributed by atoms with Gasteiger partial charge in [-0.25, -0.2) is 14.8 Å². The molecule has 1 aliphatic carbocycles. The van der Waals surface area contributed by atoms with E-state index in [0.29, 0.717) is 37.2 Å². The van der Waals surface area contributed by atoms with Gasteiger partial charge < -0.3 is 29.0 Å². The zero-order chi connectivity index (χ0) is 29.7. The van der Waals surface area contributed by atoms with Crippen molar-refractivity contribution in [2.45, 2.75) is 51.4 Å². The maximum Gasteiger partial charge on any atom is 0.320 e. The Labute approximate surface area is 249 Å². The number of amides is 2. The molecular formula is C30H45N7O4Si. The van der Waals surface area contributed by atoms with E-state index in [1.165, 1.54) is 0 Å². The van der Waals surface area contributed by atoms with E-state index in [1.807, 2.05) is 29.0 Å². The third-order valence-corrected chi connectivity index (χ3v) is 9.36. The second-order valence-electron chi connectivity index (χ2n) is 12.5. The molecule has 0 unspecified atom stereocenters. The minimum absolute atomic E-state index is 0.220. The van der Waals surface area contributed by atoms with Crippen LogP contribution in [-0.4, -0.2) is 105 Å². The van der Waals surface area contributed by atoms with Crippen LogP contribution in [0.25, 0.3) is 22.2 Å². The lowest BCUT2D eigenvalue weighted by Gasteiger charge is -2.32. The van der Waals surface area contributed by atoms with E-state index in [4.69, 9.17) is 19.2 Å². The molecule has 42 heavy (non-hydrogen) atoms. The molecule has 4 heterocycles. The molecule has 3 aromatic rings. The molecule has 0 radical (unpaired) electrons. The molecule has 2 amide bonds. The molecule has 2 N–H and O–H groups in total. The number of nitrogens with one attached hydrogen (secondary N) is 2. The second kappa shape index (κ2) is 13.4. The monoisotopic (exact) mass is 595 g/mol. The Morgan fingerprint density at radius 1 is 1.12 bits per heavy atom. The van der Waals surface area contributed by atoms with Gasteiger partial charge >= 0.3 is 6.03 Å². The van der Waals surface area contributed by atoms with Crippen LogP contribution in [0.3, 0.4) is 0 Å². The molecule has 228 valence electrons. The molecule has 1 saturated heterocycles. The van der Waals surface area contributed by atoms with Gasteiger partial charge in [-0.05, 0) is 44.1 Å². The van der Waals surface area contributed by atoms with Gasteiger partial charge in [-0.15, -0.1) is 0 Å². The summed E-state index contributed by atoms with van der Waals surface area (Å²) in [6.07, 6.45) is 6.04. The number of piperazine rings is 1. The normalized spacial score (nSPS) is 16.5. The van der Waals surface area contributed by atoms with Crippen molar-refractivity contribution >= 4 is 31.0 Å². The van der Waals surface area contributed by atoms with E-state index < -0.39 is 8.07 Å². The van der Waals surface area contributed by atoms with Gasteiger partial charge in [-0.2, -0.15) is 0 Å². The fraction of sp³-hybridized carbons (Fsp3) is 0.567. The first-order valence-corrected chi connectivity index (χ1v) is 18.6. The van der Waals surface area contributed by atoms with Crippen LogP contribution in [0.15, 0.2) is 30.6 Å². The molecule has 0 spiro atoms. The number of pyridine rings is 2. The number of nitrogens with zero attached hydrogens (tertiary/aromatic N) is 5. The van der Waals surface area contributed by atoms with Crippen molar-refractivity contribution in [3.05, 3.63) is 30.6 Å². The van der Waals surface area contributed by atoms with E-state index in [0.717, 1.165) is 73.9 Å². The molecular weight excluding hydrogens is 550 g/mol. The van der Waals surface area contributed by atoms with Crippen molar-refractivity contribution < 1.29 is 19.0 Å². The van der Waals surface area contributed by atoms with Crippen LogP contribution in [0, 0.1) is 0 Å². The van der Waals surface area contributed by atoms with Gasteiger partial charge in [0.2, 0.25) is 5.88 Å². The minimum Gasteiger partial charge on any atom is -0.490 e. The third-order valence-electron chi connectivity index (χ3n) is 7.66. The topological polar surface area (TPSA) is 106 Å². The van der Waals surface area contributed by atoms with Crippen LogP contribution in [0.4, 0.5) is 10.6 Å². The largest absolute Gasteiger partial charge is 0.490 e. The van der Waals surface area contributed by atoms with E-state index in [-0.39, 0.29) is 12.1 Å². The number of hydrogen-bond acceptors (Lipinski definition) is 8. The molecule has 0 bridgehead atoms. The summed E-state index contributed by atoms with van der Waals surface area (Å²) in [4.78, 5) is 26.8. The molecule has 2 fully saturated rings. The van der Waals surface area contributed by atoms with Crippen molar-refractivity contribution in [1.29, 1.82) is 0 Å². The van der Waals surface area contributed by atoms with Crippen molar-refractivity contribution in [2.75, 3.05) is 65.3 Å². The van der Waals surface area contributed by atoms with Crippen LogP contribution in [0.2, 0.25) is 25.7 Å². The first kappa shape index (κ1) is 30.3. The van der Waals surface area contributed by atoms with Gasteiger partial charge in [0.1, 0.15) is 23.9 Å². The second-order valence-corrected chi connectivity index (χ2v) is 18.1. The number of aromatic nitrogens is 3. The molecule has 1 saturated carbocycles. The Kier molecular flexibility index (Phi) is 9.66. The number of likely N-dealkylation sites (N-methyl/N-ethyl adjacent to an activating group) is 1. The zero-order valence-electron chi connectivity index (χ0n) is 25.6. The van der Waals surface area contributed by atoms with Gasteiger partial charge in [0.05, 0.1) is 18.8 Å². The van der Waals surface area contributed by atoms with Crippen LogP contribution in [-0.2, 0) is 11.5 Å². The van der Waals surface area contributed by atoms with Crippen LogP contribution < -0.4 is 20.1 Å². The van der Waals surface area contributed by atoms with Gasteiger partial charge in [-0.1, -0.05) is 19.6 Å². The van der Waals surface area contributed by atoms with E-state index >= 15 is 0 Å². The highest BCUT2D eigenvalue weighted by atomic mass is 28.3. The van der Waals surface area contributed by atoms with Crippen molar-refractivity contribution in [2.24, 2.45) is 0 Å². The van der Waals surface area contributed by atoms with E-state index in [9.17, 15) is 4.79 Å². The average Bonchev–Trinajstić information content (AvgIpc) is 3.71. The molecule has 2 aliphatic rings. The lowest BCUT2D eigenvalue weighted by atomic mass is 10.1. The van der Waals surface area contributed by atoms with Crippen LogP contribution in [0.1, 0.15) is 12.8 Å². The Balaban J connectivity index is 1.36. The standard InChI is InChI=1S/C30H45N7O4Si/c1-35-14-16-36(17-15-35)13-12-32-30(38)34-26-9-8-23-24(20-37(28(23)33-26)21-40-18-19-42(3,4)5)27-25(41-22-6-7-22)10-11-31-29(27)39-2/h8-11,20,22H,6-7,12-19,21H2,1-5H3,(H2,32,33,34,38). The maximum absolute atomic E-state index is 12.7. The highest BCUT2D eigenvalue weighted by Crippen LogP contribution is 2.43. The molecule has 0 aromatic carbocycles. The predicted molar refractivity (Wildman–Crippen MR) is 168 cm³/mol. The van der Waals surface area contributed by atoms with Gasteiger partial charge in [0.25, 0.3) is 0 Å². The van der Waals surface area contributed by atoms with Crippen molar-refractivity contribution in [3.8, 4) is 22.8 Å². The lowest BCUT2D eigenvalue weighted by Crippen LogP contribution is -2.47. The van der Waals surface area contributed by atoms with Gasteiger partial charge in [0, 0.05) is 77.3 Å². The quantitative estimate of drug-likeness (QED) is 0.222. The summed E-state index contributed by atoms with van der Waals surface area (Å²) in [5.74, 6) is 1.71. The number of rotatable bonds is 13. The molecule has 12 heteroatoms. The predicted octanol–water partition coefficient (Wildman–Crippen LogP) is 4.33. The number of anilines is 1. The highest BCUT2D eigenvalue weighted by molar-refractivity contribution is 6.76. The number of carbonyl (C=O) groups excluding carboxylic acids is 1. The van der Waals surface area contributed by atoms with Gasteiger partial charge in [-0.3, -0.25) is 10.2 Å². The van der Waals surface area contributed by atoms with Crippen LogP contribution >= 0.6 is 0 Å². The Bertz CT molecular complexity index is 1360. The fourth-order valence-corrected chi connectivity index (χ4v) is 5.68. The SMILES string of the molecule is COc1nccc(OC2CC2)c1-c1cn(COCC[Si](C)(C)C)c2nc(NC(=O)NCCN3CCN(C)CC3)ccc12. The number of ether oxygens (including phenoxy) is 3. The summed E-state index contributed by atoms with van der Waals surface area (Å²) in [6.45, 7) is 13.6. The number of urea groups is 1. The lowest BCUT2D eigenvalue weighted by molar-refractivity contribution is 0.0899. The summed E-state index contributed by atoms with van der Waals surface area (Å²) >= 11 is 0. The third kappa shape index (κ3) is 8.00. The van der Waals surface area contributed by atoms with Gasteiger partial charge in [0.15, 0.2) is 0 Å². The van der Waals surface area contributed by atoms with Crippen LogP contribution in [0.5, 0.6) is 11.6 Å². The smallest absolute Gasteiger partial charge is 0.320 e. The van der Waals surface area contributed by atoms with Crippen molar-refractivity contribution in [1.82, 2.24) is 29.7 Å². The summed E-state index contributed by atoms with van der Waals surface area (Å²) < 4.78 is 20.1. The Morgan fingerprint density at radius 3 is 2.62 bits per heavy atom. The Morgan fingerprint density at radius 2 is 1.90 bits per heavy atom. The number of fused-ring (bicyclic) bond motifs is 1. The zero-order valence-corrected chi connectivity index (χ0v) is 26.6.